The summed E-state index contributed by atoms with van der Waals surface area (Å²) in [6.07, 6.45) is 2.21. The maximum Gasteiger partial charge on any atom is 0.124 e. The van der Waals surface area contributed by atoms with Crippen LogP contribution in [0.25, 0.3) is 0 Å². The Kier molecular flexibility index (Phi) is 6.33. The lowest BCUT2D eigenvalue weighted by Gasteiger charge is -2.32. The maximum atomic E-state index is 5.82. The van der Waals surface area contributed by atoms with Crippen LogP contribution in [0.2, 0.25) is 0 Å². The fourth-order valence-electron chi connectivity index (χ4n) is 2.85. The molecule has 1 aliphatic heterocycles. The third-order valence-electron chi connectivity index (χ3n) is 3.77. The van der Waals surface area contributed by atoms with Crippen molar-refractivity contribution in [1.82, 2.24) is 5.32 Å². The van der Waals surface area contributed by atoms with Gasteiger partial charge in [0.1, 0.15) is 5.75 Å². The van der Waals surface area contributed by atoms with Crippen molar-refractivity contribution >= 4 is 15.9 Å². The van der Waals surface area contributed by atoms with Gasteiger partial charge in [-0.15, -0.1) is 0 Å². The third-order valence-corrected chi connectivity index (χ3v) is 4.26. The third kappa shape index (κ3) is 3.96. The second-order valence-corrected chi connectivity index (χ2v) is 6.02. The van der Waals surface area contributed by atoms with Gasteiger partial charge in [-0.05, 0) is 50.4 Å². The zero-order valence-corrected chi connectivity index (χ0v) is 13.9. The molecular formula is C16H24BrNO2. The summed E-state index contributed by atoms with van der Waals surface area (Å²) in [5.74, 6) is 1.60. The van der Waals surface area contributed by atoms with Gasteiger partial charge in [-0.3, -0.25) is 0 Å². The molecule has 1 heterocycles. The molecule has 1 N–H and O–H groups in total. The standard InChI is InChI=1S/C16H24BrNO2/c1-3-18-16(12-7-9-19-10-8-12)14-11-13(17)5-6-15(14)20-4-2/h5-6,11-12,16,18H,3-4,7-10H2,1-2H3. The molecule has 1 aromatic carbocycles. The Labute approximate surface area is 130 Å². The van der Waals surface area contributed by atoms with Crippen LogP contribution in [-0.2, 0) is 4.74 Å². The van der Waals surface area contributed by atoms with Crippen LogP contribution in [0, 0.1) is 5.92 Å². The van der Waals surface area contributed by atoms with Crippen molar-refractivity contribution in [3.8, 4) is 5.75 Å². The normalized spacial score (nSPS) is 17.9. The SMILES string of the molecule is CCNC(c1cc(Br)ccc1OCC)C1CCOCC1. The van der Waals surface area contributed by atoms with Gasteiger partial charge in [-0.2, -0.15) is 0 Å². The number of benzene rings is 1. The molecule has 1 aliphatic rings. The van der Waals surface area contributed by atoms with E-state index >= 15 is 0 Å². The number of halogens is 1. The van der Waals surface area contributed by atoms with Crippen molar-refractivity contribution in [1.29, 1.82) is 0 Å². The van der Waals surface area contributed by atoms with Crippen LogP contribution in [0.1, 0.15) is 38.3 Å². The Morgan fingerprint density at radius 3 is 2.75 bits per heavy atom. The van der Waals surface area contributed by atoms with Crippen molar-refractivity contribution in [3.05, 3.63) is 28.2 Å². The van der Waals surface area contributed by atoms with Gasteiger partial charge in [-0.25, -0.2) is 0 Å². The van der Waals surface area contributed by atoms with E-state index in [1.54, 1.807) is 0 Å². The summed E-state index contributed by atoms with van der Waals surface area (Å²) in [6.45, 7) is 7.57. The molecule has 4 heteroatoms. The molecule has 0 saturated carbocycles. The van der Waals surface area contributed by atoms with Crippen molar-refractivity contribution < 1.29 is 9.47 Å². The van der Waals surface area contributed by atoms with E-state index in [9.17, 15) is 0 Å². The lowest BCUT2D eigenvalue weighted by molar-refractivity contribution is 0.0534. The van der Waals surface area contributed by atoms with E-state index < -0.39 is 0 Å². The topological polar surface area (TPSA) is 30.5 Å². The Hall–Kier alpha value is -0.580. The molecule has 3 nitrogen and oxygen atoms in total. The van der Waals surface area contributed by atoms with E-state index in [1.807, 2.05) is 13.0 Å². The number of ether oxygens (including phenoxy) is 2. The molecule has 1 fully saturated rings. The highest BCUT2D eigenvalue weighted by molar-refractivity contribution is 9.10. The van der Waals surface area contributed by atoms with Gasteiger partial charge in [0, 0.05) is 29.3 Å². The quantitative estimate of drug-likeness (QED) is 0.850. The summed E-state index contributed by atoms with van der Waals surface area (Å²) in [5.41, 5.74) is 1.26. The summed E-state index contributed by atoms with van der Waals surface area (Å²) in [7, 11) is 0. The Morgan fingerprint density at radius 2 is 2.10 bits per heavy atom. The maximum absolute atomic E-state index is 5.82. The average molecular weight is 342 g/mol. The molecule has 1 aromatic rings. The molecule has 0 spiro atoms. The fraction of sp³-hybridized carbons (Fsp3) is 0.625. The second kappa shape index (κ2) is 8.01. The van der Waals surface area contributed by atoms with E-state index in [2.05, 4.69) is 40.3 Å². The average Bonchev–Trinajstić information content (AvgIpc) is 2.48. The molecule has 0 amide bonds. The molecule has 1 atom stereocenters. The Morgan fingerprint density at radius 1 is 1.35 bits per heavy atom. The van der Waals surface area contributed by atoms with E-state index in [4.69, 9.17) is 9.47 Å². The Bertz CT molecular complexity index is 419. The lowest BCUT2D eigenvalue weighted by atomic mass is 9.86. The predicted molar refractivity (Wildman–Crippen MR) is 85.3 cm³/mol. The van der Waals surface area contributed by atoms with Gasteiger partial charge in [0.05, 0.1) is 6.61 Å². The fourth-order valence-corrected chi connectivity index (χ4v) is 3.23. The summed E-state index contributed by atoms with van der Waals surface area (Å²) in [5, 5.41) is 3.64. The van der Waals surface area contributed by atoms with Gasteiger partial charge in [0.25, 0.3) is 0 Å². The van der Waals surface area contributed by atoms with Crippen LogP contribution in [0.3, 0.4) is 0 Å². The molecule has 0 radical (unpaired) electrons. The van der Waals surface area contributed by atoms with Crippen molar-refractivity contribution in [2.45, 2.75) is 32.7 Å². The number of nitrogens with one attached hydrogen (secondary N) is 1. The first-order valence-corrected chi connectivity index (χ1v) is 8.29. The van der Waals surface area contributed by atoms with Gasteiger partial charge in [-0.1, -0.05) is 22.9 Å². The highest BCUT2D eigenvalue weighted by Gasteiger charge is 2.27. The zero-order valence-electron chi connectivity index (χ0n) is 12.3. The first-order valence-electron chi connectivity index (χ1n) is 7.49. The van der Waals surface area contributed by atoms with Gasteiger partial charge >= 0.3 is 0 Å². The highest BCUT2D eigenvalue weighted by Crippen LogP contribution is 2.36. The molecule has 112 valence electrons. The minimum absolute atomic E-state index is 0.336. The second-order valence-electron chi connectivity index (χ2n) is 5.10. The first kappa shape index (κ1) is 15.8. The summed E-state index contributed by atoms with van der Waals surface area (Å²) in [4.78, 5) is 0. The number of hydrogen-bond donors (Lipinski definition) is 1. The van der Waals surface area contributed by atoms with Gasteiger partial charge < -0.3 is 14.8 Å². The largest absolute Gasteiger partial charge is 0.494 e. The minimum atomic E-state index is 0.336. The van der Waals surface area contributed by atoms with Crippen LogP contribution in [0.15, 0.2) is 22.7 Å². The molecule has 0 aliphatic carbocycles. The van der Waals surface area contributed by atoms with Gasteiger partial charge in [0.15, 0.2) is 0 Å². The summed E-state index contributed by atoms with van der Waals surface area (Å²) < 4.78 is 12.4. The van der Waals surface area contributed by atoms with E-state index in [0.717, 1.165) is 42.8 Å². The van der Waals surface area contributed by atoms with Crippen molar-refractivity contribution in [2.75, 3.05) is 26.4 Å². The van der Waals surface area contributed by atoms with Crippen LogP contribution in [0.4, 0.5) is 0 Å². The molecular weight excluding hydrogens is 318 g/mol. The molecule has 2 rings (SSSR count). The minimum Gasteiger partial charge on any atom is -0.494 e. The van der Waals surface area contributed by atoms with Crippen LogP contribution in [-0.4, -0.2) is 26.4 Å². The molecule has 0 aromatic heterocycles. The molecule has 1 saturated heterocycles. The molecule has 20 heavy (non-hydrogen) atoms. The predicted octanol–water partition coefficient (Wildman–Crippen LogP) is 3.93. The Balaban J connectivity index is 2.28. The monoisotopic (exact) mass is 341 g/mol. The van der Waals surface area contributed by atoms with E-state index in [1.165, 1.54) is 5.56 Å². The first-order chi connectivity index (χ1) is 9.76. The van der Waals surface area contributed by atoms with Crippen LogP contribution >= 0.6 is 15.9 Å². The summed E-state index contributed by atoms with van der Waals surface area (Å²) in [6, 6.07) is 6.63. The smallest absolute Gasteiger partial charge is 0.124 e. The highest BCUT2D eigenvalue weighted by atomic mass is 79.9. The van der Waals surface area contributed by atoms with Crippen molar-refractivity contribution in [3.63, 3.8) is 0 Å². The van der Waals surface area contributed by atoms with Gasteiger partial charge in [0.2, 0.25) is 0 Å². The van der Waals surface area contributed by atoms with Crippen LogP contribution in [0.5, 0.6) is 5.75 Å². The van der Waals surface area contributed by atoms with Crippen LogP contribution < -0.4 is 10.1 Å². The summed E-state index contributed by atoms with van der Waals surface area (Å²) >= 11 is 3.58. The zero-order chi connectivity index (χ0) is 14.4. The van der Waals surface area contributed by atoms with E-state index in [-0.39, 0.29) is 0 Å². The van der Waals surface area contributed by atoms with E-state index in [0.29, 0.717) is 18.6 Å². The molecule has 1 unspecified atom stereocenters. The number of hydrogen-bond acceptors (Lipinski definition) is 3. The van der Waals surface area contributed by atoms with Crippen molar-refractivity contribution in [2.24, 2.45) is 5.92 Å². The lowest BCUT2D eigenvalue weighted by Crippen LogP contribution is -2.32. The number of rotatable bonds is 6. The molecule has 0 bridgehead atoms.